The van der Waals surface area contributed by atoms with E-state index in [4.69, 9.17) is 0 Å². The molecule has 0 aliphatic heterocycles. The topological polar surface area (TPSA) is 34.0 Å². The summed E-state index contributed by atoms with van der Waals surface area (Å²) < 4.78 is 1.94. The molecule has 3 nitrogen and oxygen atoms in total. The van der Waals surface area contributed by atoms with E-state index in [0.717, 1.165) is 23.2 Å². The second-order valence-electron chi connectivity index (χ2n) is 6.08. The van der Waals surface area contributed by atoms with Gasteiger partial charge in [-0.1, -0.05) is 57.2 Å². The average molecular weight is 298 g/mol. The van der Waals surface area contributed by atoms with Gasteiger partial charge in [-0.2, -0.15) is 0 Å². The predicted octanol–water partition coefficient (Wildman–Crippen LogP) is 3.98. The van der Waals surface area contributed by atoms with Crippen LogP contribution in [0.3, 0.4) is 0 Å². The van der Waals surface area contributed by atoms with Gasteiger partial charge in [-0.3, -0.25) is 4.79 Å². The van der Waals surface area contributed by atoms with Gasteiger partial charge in [-0.05, 0) is 25.0 Å². The van der Waals surface area contributed by atoms with Crippen molar-refractivity contribution in [1.29, 1.82) is 0 Å². The highest BCUT2D eigenvalue weighted by atomic mass is 16.1. The van der Waals surface area contributed by atoms with Crippen LogP contribution in [0.15, 0.2) is 47.3 Å². The van der Waals surface area contributed by atoms with Gasteiger partial charge >= 0.3 is 0 Å². The predicted molar refractivity (Wildman–Crippen MR) is 93.1 cm³/mol. The minimum atomic E-state index is 0.115. The fourth-order valence-electron chi connectivity index (χ4n) is 2.51. The van der Waals surface area contributed by atoms with E-state index < -0.39 is 0 Å². The zero-order valence-electron chi connectivity index (χ0n) is 14.0. The molecular formula is C19H26N2O. The maximum Gasteiger partial charge on any atom is 0.255 e. The minimum absolute atomic E-state index is 0.115. The third-order valence-corrected chi connectivity index (χ3v) is 4.00. The maximum absolute atomic E-state index is 12.9. The van der Waals surface area contributed by atoms with Gasteiger partial charge in [0.1, 0.15) is 0 Å². The Kier molecular flexibility index (Phi) is 5.56. The van der Waals surface area contributed by atoms with Crippen LogP contribution < -0.4 is 10.9 Å². The quantitative estimate of drug-likeness (QED) is 0.875. The largest absolute Gasteiger partial charge is 0.310 e. The van der Waals surface area contributed by atoms with Crippen molar-refractivity contribution in [3.8, 4) is 11.3 Å². The zero-order chi connectivity index (χ0) is 16.1. The SMILES string of the molecule is CCC(C)n1c(-c2ccccc2)ccc(CNC(C)C)c1=O. The van der Waals surface area contributed by atoms with E-state index in [0.29, 0.717) is 12.6 Å². The molecule has 0 aliphatic rings. The smallest absolute Gasteiger partial charge is 0.255 e. The van der Waals surface area contributed by atoms with Crippen molar-refractivity contribution in [3.05, 3.63) is 58.4 Å². The molecule has 2 aromatic rings. The Hall–Kier alpha value is -1.87. The van der Waals surface area contributed by atoms with E-state index in [-0.39, 0.29) is 11.6 Å². The Morgan fingerprint density at radius 2 is 1.73 bits per heavy atom. The molecule has 22 heavy (non-hydrogen) atoms. The van der Waals surface area contributed by atoms with Gasteiger partial charge in [-0.15, -0.1) is 0 Å². The second kappa shape index (κ2) is 7.41. The summed E-state index contributed by atoms with van der Waals surface area (Å²) in [6, 6.07) is 14.7. The summed E-state index contributed by atoms with van der Waals surface area (Å²) in [4.78, 5) is 12.9. The number of hydrogen-bond acceptors (Lipinski definition) is 2. The highest BCUT2D eigenvalue weighted by molar-refractivity contribution is 5.59. The summed E-state index contributed by atoms with van der Waals surface area (Å²) in [6.07, 6.45) is 0.931. The van der Waals surface area contributed by atoms with Crippen LogP contribution in [0.4, 0.5) is 0 Å². The molecule has 0 saturated carbocycles. The third kappa shape index (κ3) is 3.66. The van der Waals surface area contributed by atoms with Gasteiger partial charge in [0.05, 0.1) is 5.69 Å². The van der Waals surface area contributed by atoms with E-state index >= 15 is 0 Å². The molecule has 1 aromatic carbocycles. The number of nitrogens with zero attached hydrogens (tertiary/aromatic N) is 1. The Morgan fingerprint density at radius 1 is 1.05 bits per heavy atom. The first kappa shape index (κ1) is 16.5. The van der Waals surface area contributed by atoms with Crippen molar-refractivity contribution < 1.29 is 0 Å². The Morgan fingerprint density at radius 3 is 2.32 bits per heavy atom. The number of pyridine rings is 1. The second-order valence-corrected chi connectivity index (χ2v) is 6.08. The Bertz CT molecular complexity index is 659. The van der Waals surface area contributed by atoms with Gasteiger partial charge in [0.15, 0.2) is 0 Å². The van der Waals surface area contributed by atoms with Crippen LogP contribution in [0.5, 0.6) is 0 Å². The molecule has 0 spiro atoms. The molecule has 1 unspecified atom stereocenters. The number of rotatable bonds is 6. The first-order chi connectivity index (χ1) is 10.5. The minimum Gasteiger partial charge on any atom is -0.310 e. The summed E-state index contributed by atoms with van der Waals surface area (Å²) in [5.41, 5.74) is 3.02. The Balaban J connectivity index is 2.51. The summed E-state index contributed by atoms with van der Waals surface area (Å²) in [5, 5.41) is 3.33. The van der Waals surface area contributed by atoms with Crippen LogP contribution in [0, 0.1) is 0 Å². The molecule has 0 aliphatic carbocycles. The van der Waals surface area contributed by atoms with Crippen LogP contribution in [0.1, 0.15) is 45.7 Å². The lowest BCUT2D eigenvalue weighted by Crippen LogP contribution is -2.31. The summed E-state index contributed by atoms with van der Waals surface area (Å²) >= 11 is 0. The normalized spacial score (nSPS) is 12.6. The monoisotopic (exact) mass is 298 g/mol. The lowest BCUT2D eigenvalue weighted by molar-refractivity contribution is 0.510. The van der Waals surface area contributed by atoms with Crippen molar-refractivity contribution in [1.82, 2.24) is 9.88 Å². The van der Waals surface area contributed by atoms with Crippen molar-refractivity contribution in [2.45, 2.75) is 52.7 Å². The molecule has 1 aromatic heterocycles. The maximum atomic E-state index is 12.9. The molecule has 0 fully saturated rings. The van der Waals surface area contributed by atoms with E-state index in [1.54, 1.807) is 0 Å². The summed E-state index contributed by atoms with van der Waals surface area (Å²) in [7, 11) is 0. The van der Waals surface area contributed by atoms with Crippen molar-refractivity contribution in [3.63, 3.8) is 0 Å². The third-order valence-electron chi connectivity index (χ3n) is 4.00. The molecule has 0 radical (unpaired) electrons. The van der Waals surface area contributed by atoms with Gasteiger partial charge < -0.3 is 9.88 Å². The first-order valence-electron chi connectivity index (χ1n) is 8.07. The van der Waals surface area contributed by atoms with Crippen LogP contribution >= 0.6 is 0 Å². The van der Waals surface area contributed by atoms with E-state index in [1.807, 2.05) is 28.8 Å². The highest BCUT2D eigenvalue weighted by Gasteiger charge is 2.14. The van der Waals surface area contributed by atoms with Crippen LogP contribution in [0.25, 0.3) is 11.3 Å². The molecule has 1 atom stereocenters. The molecule has 2 rings (SSSR count). The van der Waals surface area contributed by atoms with E-state index in [9.17, 15) is 4.79 Å². The molecule has 0 amide bonds. The number of aromatic nitrogens is 1. The molecule has 3 heteroatoms. The van der Waals surface area contributed by atoms with Crippen LogP contribution in [-0.4, -0.2) is 10.6 Å². The number of hydrogen-bond donors (Lipinski definition) is 1. The lowest BCUT2D eigenvalue weighted by Gasteiger charge is -2.20. The average Bonchev–Trinajstić information content (AvgIpc) is 2.53. The van der Waals surface area contributed by atoms with Gasteiger partial charge in [0.25, 0.3) is 5.56 Å². The van der Waals surface area contributed by atoms with Gasteiger partial charge in [0, 0.05) is 24.2 Å². The standard InChI is InChI=1S/C19H26N2O/c1-5-15(4)21-18(16-9-7-6-8-10-16)12-11-17(19(21)22)13-20-14(2)3/h6-12,14-15,20H,5,13H2,1-4H3. The Labute approximate surface area is 133 Å². The molecule has 0 saturated heterocycles. The van der Waals surface area contributed by atoms with Crippen molar-refractivity contribution >= 4 is 0 Å². The molecule has 118 valence electrons. The van der Waals surface area contributed by atoms with Gasteiger partial charge in [0.2, 0.25) is 0 Å². The van der Waals surface area contributed by atoms with Crippen molar-refractivity contribution in [2.24, 2.45) is 0 Å². The van der Waals surface area contributed by atoms with Crippen LogP contribution in [0.2, 0.25) is 0 Å². The van der Waals surface area contributed by atoms with Gasteiger partial charge in [-0.25, -0.2) is 0 Å². The summed E-state index contributed by atoms with van der Waals surface area (Å²) in [6.45, 7) is 9.01. The number of benzene rings is 1. The highest BCUT2D eigenvalue weighted by Crippen LogP contribution is 2.22. The van der Waals surface area contributed by atoms with E-state index in [1.165, 1.54) is 0 Å². The molecule has 1 N–H and O–H groups in total. The lowest BCUT2D eigenvalue weighted by atomic mass is 10.1. The van der Waals surface area contributed by atoms with Crippen LogP contribution in [-0.2, 0) is 6.54 Å². The first-order valence-corrected chi connectivity index (χ1v) is 8.07. The van der Waals surface area contributed by atoms with Crippen molar-refractivity contribution in [2.75, 3.05) is 0 Å². The molecule has 0 bridgehead atoms. The fraction of sp³-hybridized carbons (Fsp3) is 0.421. The summed E-state index contributed by atoms with van der Waals surface area (Å²) in [5.74, 6) is 0. The molecular weight excluding hydrogens is 272 g/mol. The zero-order valence-corrected chi connectivity index (χ0v) is 14.0. The molecule has 1 heterocycles. The fourth-order valence-corrected chi connectivity index (χ4v) is 2.51. The van der Waals surface area contributed by atoms with E-state index in [2.05, 4.69) is 51.2 Å². The number of nitrogens with one attached hydrogen (secondary N) is 1.